The van der Waals surface area contributed by atoms with E-state index in [0.29, 0.717) is 29.1 Å². The number of hydrogen-bond acceptors (Lipinski definition) is 4. The highest BCUT2D eigenvalue weighted by Gasteiger charge is 2.41. The Morgan fingerprint density at radius 2 is 1.59 bits per heavy atom. The first-order valence-electron chi connectivity index (χ1n) is 11.4. The average molecular weight is 431 g/mol. The molecule has 1 N–H and O–H groups in total. The summed E-state index contributed by atoms with van der Waals surface area (Å²) in [6.45, 7) is 0.993. The first-order chi connectivity index (χ1) is 15.7. The average Bonchev–Trinajstić information content (AvgIpc) is 3.05. The van der Waals surface area contributed by atoms with Gasteiger partial charge in [-0.15, -0.1) is 0 Å². The predicted octanol–water partition coefficient (Wildman–Crippen LogP) is 4.78. The molecule has 0 radical (unpaired) electrons. The van der Waals surface area contributed by atoms with Crippen LogP contribution in [0.15, 0.2) is 60.7 Å². The van der Waals surface area contributed by atoms with E-state index < -0.39 is 0 Å². The molecule has 3 aromatic rings. The van der Waals surface area contributed by atoms with E-state index in [2.05, 4.69) is 40.5 Å². The molecule has 1 amide bonds. The van der Waals surface area contributed by atoms with Crippen molar-refractivity contribution in [1.29, 1.82) is 0 Å². The van der Waals surface area contributed by atoms with Crippen molar-refractivity contribution in [3.05, 3.63) is 71.8 Å². The van der Waals surface area contributed by atoms with E-state index in [1.807, 2.05) is 24.3 Å². The molecule has 2 saturated heterocycles. The molecule has 2 bridgehead atoms. The fraction of sp³-hybridized carbons (Fsp3) is 0.370. The zero-order valence-corrected chi connectivity index (χ0v) is 18.7. The lowest BCUT2D eigenvalue weighted by atomic mass is 9.95. The molecule has 166 valence electrons. The number of methoxy groups -OCH3 is 2. The lowest BCUT2D eigenvalue weighted by molar-refractivity contribution is 0.0825. The molecule has 2 atom stereocenters. The van der Waals surface area contributed by atoms with Gasteiger partial charge in [-0.2, -0.15) is 0 Å². The van der Waals surface area contributed by atoms with Gasteiger partial charge in [0.2, 0.25) is 0 Å². The SMILES string of the molecule is COc1cc(C(=O)NC2CC3CCC(C2)N3Cc2ccccc2)c(OC)c2ccccc12. The summed E-state index contributed by atoms with van der Waals surface area (Å²) in [7, 11) is 3.25. The highest BCUT2D eigenvalue weighted by Crippen LogP contribution is 2.39. The number of hydrogen-bond donors (Lipinski definition) is 1. The van der Waals surface area contributed by atoms with E-state index in [9.17, 15) is 4.79 Å². The zero-order valence-electron chi connectivity index (χ0n) is 18.7. The van der Waals surface area contributed by atoms with Crippen molar-refractivity contribution in [3.63, 3.8) is 0 Å². The monoisotopic (exact) mass is 430 g/mol. The van der Waals surface area contributed by atoms with Crippen LogP contribution >= 0.6 is 0 Å². The molecule has 2 aliphatic heterocycles. The number of carbonyl (C=O) groups excluding carboxylic acids is 1. The zero-order chi connectivity index (χ0) is 22.1. The number of amides is 1. The Morgan fingerprint density at radius 1 is 0.938 bits per heavy atom. The van der Waals surface area contributed by atoms with Gasteiger partial charge in [0, 0.05) is 35.4 Å². The van der Waals surface area contributed by atoms with Crippen LogP contribution in [0.2, 0.25) is 0 Å². The third kappa shape index (κ3) is 3.82. The van der Waals surface area contributed by atoms with Crippen LogP contribution in [0.3, 0.4) is 0 Å². The number of nitrogens with zero attached hydrogens (tertiary/aromatic N) is 1. The van der Waals surface area contributed by atoms with Gasteiger partial charge in [0.25, 0.3) is 5.91 Å². The second-order valence-electron chi connectivity index (χ2n) is 8.89. The quantitative estimate of drug-likeness (QED) is 0.611. The van der Waals surface area contributed by atoms with Gasteiger partial charge in [0.15, 0.2) is 0 Å². The summed E-state index contributed by atoms with van der Waals surface area (Å²) in [5, 5.41) is 5.14. The van der Waals surface area contributed by atoms with Gasteiger partial charge < -0.3 is 14.8 Å². The number of piperidine rings is 1. The largest absolute Gasteiger partial charge is 0.496 e. The number of benzene rings is 3. The summed E-state index contributed by atoms with van der Waals surface area (Å²) in [6, 6.07) is 21.6. The molecule has 2 aliphatic rings. The van der Waals surface area contributed by atoms with Crippen LogP contribution in [0.5, 0.6) is 11.5 Å². The number of rotatable bonds is 6. The molecule has 5 rings (SSSR count). The molecule has 3 aromatic carbocycles. The molecule has 5 heteroatoms. The second-order valence-corrected chi connectivity index (χ2v) is 8.89. The smallest absolute Gasteiger partial charge is 0.255 e. The maximum atomic E-state index is 13.4. The fourth-order valence-electron chi connectivity index (χ4n) is 5.58. The Hall–Kier alpha value is -3.05. The molecule has 2 fully saturated rings. The van der Waals surface area contributed by atoms with Crippen molar-refractivity contribution in [2.75, 3.05) is 14.2 Å². The summed E-state index contributed by atoms with van der Waals surface area (Å²) in [5.41, 5.74) is 1.89. The molecule has 2 unspecified atom stereocenters. The van der Waals surface area contributed by atoms with Crippen LogP contribution < -0.4 is 14.8 Å². The Morgan fingerprint density at radius 3 is 2.25 bits per heavy atom. The van der Waals surface area contributed by atoms with Crippen molar-refractivity contribution in [3.8, 4) is 11.5 Å². The van der Waals surface area contributed by atoms with Crippen LogP contribution in [-0.4, -0.2) is 43.2 Å². The lowest BCUT2D eigenvalue weighted by Gasteiger charge is -2.39. The summed E-state index contributed by atoms with van der Waals surface area (Å²) >= 11 is 0. The van der Waals surface area contributed by atoms with Gasteiger partial charge in [0.1, 0.15) is 11.5 Å². The maximum absolute atomic E-state index is 13.4. The van der Waals surface area contributed by atoms with Crippen molar-refractivity contribution < 1.29 is 14.3 Å². The van der Waals surface area contributed by atoms with E-state index >= 15 is 0 Å². The van der Waals surface area contributed by atoms with Gasteiger partial charge in [-0.05, 0) is 37.3 Å². The van der Waals surface area contributed by atoms with E-state index in [1.165, 1.54) is 18.4 Å². The van der Waals surface area contributed by atoms with Gasteiger partial charge in [0.05, 0.1) is 19.8 Å². The van der Waals surface area contributed by atoms with Crippen molar-refractivity contribution in [2.24, 2.45) is 0 Å². The summed E-state index contributed by atoms with van der Waals surface area (Å²) < 4.78 is 11.3. The molecule has 0 aliphatic carbocycles. The van der Waals surface area contributed by atoms with Gasteiger partial charge in [-0.25, -0.2) is 0 Å². The molecular weight excluding hydrogens is 400 g/mol. The third-order valence-corrected chi connectivity index (χ3v) is 7.05. The Kier molecular flexibility index (Phi) is 5.75. The molecule has 0 aromatic heterocycles. The normalized spacial score (nSPS) is 22.6. The van der Waals surface area contributed by atoms with Crippen molar-refractivity contribution in [2.45, 2.75) is 50.4 Å². The van der Waals surface area contributed by atoms with Crippen LogP contribution in [0.1, 0.15) is 41.6 Å². The number of nitrogens with one attached hydrogen (secondary N) is 1. The molecule has 2 heterocycles. The standard InChI is InChI=1S/C27H30N2O3/c1-31-25-16-24(26(32-2)23-11-7-6-10-22(23)25)27(30)28-19-14-20-12-13-21(15-19)29(20)17-18-8-4-3-5-9-18/h3-11,16,19-21H,12-15,17H2,1-2H3,(H,28,30). The Bertz CT molecular complexity index is 1100. The second kappa shape index (κ2) is 8.83. The summed E-state index contributed by atoms with van der Waals surface area (Å²) in [5.74, 6) is 1.19. The topological polar surface area (TPSA) is 50.8 Å². The van der Waals surface area contributed by atoms with Crippen LogP contribution in [0.25, 0.3) is 10.8 Å². The predicted molar refractivity (Wildman–Crippen MR) is 126 cm³/mol. The highest BCUT2D eigenvalue weighted by atomic mass is 16.5. The van der Waals surface area contributed by atoms with Crippen LogP contribution in [0.4, 0.5) is 0 Å². The molecule has 32 heavy (non-hydrogen) atoms. The van der Waals surface area contributed by atoms with Crippen molar-refractivity contribution >= 4 is 16.7 Å². The summed E-state index contributed by atoms with van der Waals surface area (Å²) in [4.78, 5) is 16.0. The molecule has 0 saturated carbocycles. The van der Waals surface area contributed by atoms with Crippen LogP contribution in [0, 0.1) is 0 Å². The number of carbonyl (C=O) groups is 1. The minimum Gasteiger partial charge on any atom is -0.496 e. The Balaban J connectivity index is 1.34. The third-order valence-electron chi connectivity index (χ3n) is 7.05. The first kappa shape index (κ1) is 20.8. The number of fused-ring (bicyclic) bond motifs is 3. The fourth-order valence-corrected chi connectivity index (χ4v) is 5.58. The van der Waals surface area contributed by atoms with E-state index in [-0.39, 0.29) is 11.9 Å². The minimum atomic E-state index is -0.0909. The lowest BCUT2D eigenvalue weighted by Crippen LogP contribution is -2.50. The van der Waals surface area contributed by atoms with Gasteiger partial charge >= 0.3 is 0 Å². The van der Waals surface area contributed by atoms with E-state index in [1.54, 1.807) is 20.3 Å². The van der Waals surface area contributed by atoms with Gasteiger partial charge in [-0.1, -0.05) is 54.6 Å². The van der Waals surface area contributed by atoms with E-state index in [4.69, 9.17) is 9.47 Å². The maximum Gasteiger partial charge on any atom is 0.255 e. The molecule has 5 nitrogen and oxygen atoms in total. The van der Waals surface area contributed by atoms with Crippen molar-refractivity contribution in [1.82, 2.24) is 10.2 Å². The van der Waals surface area contributed by atoms with Gasteiger partial charge in [-0.3, -0.25) is 9.69 Å². The first-order valence-corrected chi connectivity index (χ1v) is 11.4. The molecular formula is C27H30N2O3. The Labute approximate surface area is 189 Å². The van der Waals surface area contributed by atoms with Crippen LogP contribution in [-0.2, 0) is 6.54 Å². The highest BCUT2D eigenvalue weighted by molar-refractivity contribution is 6.06. The number of ether oxygens (including phenoxy) is 2. The van der Waals surface area contributed by atoms with E-state index in [0.717, 1.165) is 30.2 Å². The molecule has 0 spiro atoms. The minimum absolute atomic E-state index is 0.0909. The summed E-state index contributed by atoms with van der Waals surface area (Å²) in [6.07, 6.45) is 4.39.